The average molecular weight is 347 g/mol. The summed E-state index contributed by atoms with van der Waals surface area (Å²) in [6, 6.07) is 13.6. The first kappa shape index (κ1) is 16.9. The van der Waals surface area contributed by atoms with Crippen LogP contribution in [0.25, 0.3) is 6.08 Å². The zero-order valence-electron chi connectivity index (χ0n) is 12.1. The van der Waals surface area contributed by atoms with Crippen molar-refractivity contribution < 1.29 is 9.53 Å². The van der Waals surface area contributed by atoms with Gasteiger partial charge in [0.1, 0.15) is 17.4 Å². The number of benzene rings is 2. The molecule has 0 aromatic heterocycles. The van der Waals surface area contributed by atoms with Gasteiger partial charge in [-0.05, 0) is 42.0 Å². The molecule has 0 aliphatic heterocycles. The second kappa shape index (κ2) is 7.68. The van der Waals surface area contributed by atoms with Crippen LogP contribution in [0.5, 0.6) is 5.75 Å². The summed E-state index contributed by atoms with van der Waals surface area (Å²) in [7, 11) is 1.55. The van der Waals surface area contributed by atoms with Crippen LogP contribution in [0.15, 0.2) is 48.0 Å². The number of carbonyl (C=O) groups excluding carboxylic acids is 1. The zero-order valence-corrected chi connectivity index (χ0v) is 13.7. The van der Waals surface area contributed by atoms with Gasteiger partial charge in [0.15, 0.2) is 0 Å². The molecular weight excluding hydrogens is 335 g/mol. The van der Waals surface area contributed by atoms with E-state index in [2.05, 4.69) is 5.32 Å². The number of methoxy groups -OCH3 is 1. The predicted molar refractivity (Wildman–Crippen MR) is 91.7 cm³/mol. The Labute approximate surface area is 143 Å². The summed E-state index contributed by atoms with van der Waals surface area (Å²) < 4.78 is 5.11. The molecule has 2 rings (SSSR count). The van der Waals surface area contributed by atoms with Gasteiger partial charge in [-0.15, -0.1) is 0 Å². The number of carbonyl (C=O) groups is 1. The molecule has 0 radical (unpaired) electrons. The Kier molecular flexibility index (Phi) is 5.64. The standard InChI is InChI=1S/C17H12Cl2N2O2/c1-23-16-4-2-3-11(6-16)5-12(10-20)17(22)21-15-8-13(18)7-14(19)9-15/h2-9H,1H3,(H,21,22)/b12-5+. The van der Waals surface area contributed by atoms with E-state index in [1.54, 1.807) is 49.6 Å². The van der Waals surface area contributed by atoms with Gasteiger partial charge in [-0.3, -0.25) is 4.79 Å². The van der Waals surface area contributed by atoms with Gasteiger partial charge >= 0.3 is 0 Å². The van der Waals surface area contributed by atoms with Crippen LogP contribution in [0.4, 0.5) is 5.69 Å². The molecule has 0 bridgehead atoms. The molecule has 1 amide bonds. The second-order valence-corrected chi connectivity index (χ2v) is 5.43. The van der Waals surface area contributed by atoms with Crippen molar-refractivity contribution in [3.63, 3.8) is 0 Å². The van der Waals surface area contributed by atoms with E-state index in [-0.39, 0.29) is 5.57 Å². The van der Waals surface area contributed by atoms with Gasteiger partial charge in [0.2, 0.25) is 0 Å². The van der Waals surface area contributed by atoms with E-state index in [9.17, 15) is 10.1 Å². The van der Waals surface area contributed by atoms with Crippen LogP contribution in [0.3, 0.4) is 0 Å². The third-order valence-corrected chi connectivity index (χ3v) is 3.33. The quantitative estimate of drug-likeness (QED) is 0.652. The summed E-state index contributed by atoms with van der Waals surface area (Å²) >= 11 is 11.8. The highest BCUT2D eigenvalue weighted by Gasteiger charge is 2.10. The van der Waals surface area contributed by atoms with Gasteiger partial charge in [0.05, 0.1) is 7.11 Å². The summed E-state index contributed by atoms with van der Waals surface area (Å²) in [5.41, 5.74) is 1.05. The first-order chi connectivity index (χ1) is 11.0. The molecule has 2 aromatic carbocycles. The number of anilines is 1. The minimum Gasteiger partial charge on any atom is -0.497 e. The summed E-state index contributed by atoms with van der Waals surface area (Å²) in [6.45, 7) is 0. The number of halogens is 2. The van der Waals surface area contributed by atoms with Crippen molar-refractivity contribution >= 4 is 40.9 Å². The van der Waals surface area contributed by atoms with Crippen LogP contribution in [0.1, 0.15) is 5.56 Å². The maximum Gasteiger partial charge on any atom is 0.266 e. The van der Waals surface area contributed by atoms with Crippen molar-refractivity contribution in [2.75, 3.05) is 12.4 Å². The molecule has 0 saturated heterocycles. The second-order valence-electron chi connectivity index (χ2n) is 4.56. The molecule has 0 aliphatic rings. The van der Waals surface area contributed by atoms with E-state index in [0.29, 0.717) is 27.0 Å². The van der Waals surface area contributed by atoms with E-state index in [1.165, 1.54) is 6.08 Å². The minimum atomic E-state index is -0.548. The smallest absolute Gasteiger partial charge is 0.266 e. The lowest BCUT2D eigenvalue weighted by Gasteiger charge is -2.06. The Bertz CT molecular complexity index is 790. The highest BCUT2D eigenvalue weighted by Crippen LogP contribution is 2.23. The van der Waals surface area contributed by atoms with Crippen molar-refractivity contribution in [2.45, 2.75) is 0 Å². The third kappa shape index (κ3) is 4.75. The van der Waals surface area contributed by atoms with Crippen LogP contribution in [0.2, 0.25) is 10.0 Å². The van der Waals surface area contributed by atoms with Gasteiger partial charge in [0.25, 0.3) is 5.91 Å². The molecule has 4 nitrogen and oxygen atoms in total. The number of nitriles is 1. The molecule has 0 atom stereocenters. The molecule has 0 aliphatic carbocycles. The lowest BCUT2D eigenvalue weighted by atomic mass is 10.1. The molecular formula is C17H12Cl2N2O2. The average Bonchev–Trinajstić information content (AvgIpc) is 2.51. The summed E-state index contributed by atoms with van der Waals surface area (Å²) in [5.74, 6) is 0.0896. The number of rotatable bonds is 4. The van der Waals surface area contributed by atoms with E-state index in [1.807, 2.05) is 6.07 Å². The van der Waals surface area contributed by atoms with Gasteiger partial charge in [0, 0.05) is 15.7 Å². The fourth-order valence-electron chi connectivity index (χ4n) is 1.87. The number of nitrogens with one attached hydrogen (secondary N) is 1. The number of nitrogens with zero attached hydrogens (tertiary/aromatic N) is 1. The van der Waals surface area contributed by atoms with Gasteiger partial charge in [-0.2, -0.15) is 5.26 Å². The van der Waals surface area contributed by atoms with E-state index >= 15 is 0 Å². The highest BCUT2D eigenvalue weighted by atomic mass is 35.5. The van der Waals surface area contributed by atoms with Crippen LogP contribution in [-0.2, 0) is 4.79 Å². The highest BCUT2D eigenvalue weighted by molar-refractivity contribution is 6.35. The van der Waals surface area contributed by atoms with Crippen molar-refractivity contribution in [1.29, 1.82) is 5.26 Å². The first-order valence-corrected chi connectivity index (χ1v) is 7.30. The lowest BCUT2D eigenvalue weighted by Crippen LogP contribution is -2.13. The summed E-state index contributed by atoms with van der Waals surface area (Å²) in [4.78, 5) is 12.2. The number of amides is 1. The van der Waals surface area contributed by atoms with E-state index in [4.69, 9.17) is 27.9 Å². The first-order valence-electron chi connectivity index (χ1n) is 6.55. The molecule has 1 N–H and O–H groups in total. The predicted octanol–water partition coefficient (Wildman–Crippen LogP) is 4.55. The molecule has 0 spiro atoms. The summed E-state index contributed by atoms with van der Waals surface area (Å²) in [6.07, 6.45) is 1.48. The van der Waals surface area contributed by atoms with Crippen LogP contribution in [0, 0.1) is 11.3 Å². The number of hydrogen-bond acceptors (Lipinski definition) is 3. The third-order valence-electron chi connectivity index (χ3n) is 2.89. The Balaban J connectivity index is 2.24. The Morgan fingerprint density at radius 1 is 1.22 bits per heavy atom. The normalized spacial score (nSPS) is 10.8. The fourth-order valence-corrected chi connectivity index (χ4v) is 2.40. The molecule has 6 heteroatoms. The molecule has 0 unspecified atom stereocenters. The Hall–Kier alpha value is -2.48. The fraction of sp³-hybridized carbons (Fsp3) is 0.0588. The topological polar surface area (TPSA) is 62.1 Å². The minimum absolute atomic E-state index is 0.0469. The Morgan fingerprint density at radius 3 is 2.52 bits per heavy atom. The zero-order chi connectivity index (χ0) is 16.8. The number of hydrogen-bond donors (Lipinski definition) is 1. The van der Waals surface area contributed by atoms with Crippen LogP contribution in [-0.4, -0.2) is 13.0 Å². The van der Waals surface area contributed by atoms with Crippen molar-refractivity contribution in [3.05, 3.63) is 63.6 Å². The Morgan fingerprint density at radius 2 is 1.91 bits per heavy atom. The SMILES string of the molecule is COc1cccc(/C=C(\C#N)C(=O)Nc2cc(Cl)cc(Cl)c2)c1. The lowest BCUT2D eigenvalue weighted by molar-refractivity contribution is -0.112. The van der Waals surface area contributed by atoms with E-state index in [0.717, 1.165) is 0 Å². The molecule has 2 aromatic rings. The maximum absolute atomic E-state index is 12.2. The molecule has 23 heavy (non-hydrogen) atoms. The number of ether oxygens (including phenoxy) is 1. The summed E-state index contributed by atoms with van der Waals surface area (Å²) in [5, 5.41) is 12.6. The largest absolute Gasteiger partial charge is 0.497 e. The van der Waals surface area contributed by atoms with Crippen molar-refractivity contribution in [3.8, 4) is 11.8 Å². The van der Waals surface area contributed by atoms with Crippen LogP contribution < -0.4 is 10.1 Å². The molecule has 0 fully saturated rings. The van der Waals surface area contributed by atoms with Crippen LogP contribution >= 0.6 is 23.2 Å². The maximum atomic E-state index is 12.2. The molecule has 116 valence electrons. The van der Waals surface area contributed by atoms with Gasteiger partial charge in [-0.25, -0.2) is 0 Å². The van der Waals surface area contributed by atoms with Gasteiger partial charge < -0.3 is 10.1 Å². The van der Waals surface area contributed by atoms with E-state index < -0.39 is 5.91 Å². The molecule has 0 heterocycles. The van der Waals surface area contributed by atoms with Crippen molar-refractivity contribution in [2.24, 2.45) is 0 Å². The monoisotopic (exact) mass is 346 g/mol. The van der Waals surface area contributed by atoms with Gasteiger partial charge in [-0.1, -0.05) is 35.3 Å². The molecule has 0 saturated carbocycles. The van der Waals surface area contributed by atoms with Crippen molar-refractivity contribution in [1.82, 2.24) is 0 Å².